The molecule has 1 unspecified atom stereocenters. The number of aryl methyl sites for hydroxylation is 1. The van der Waals surface area contributed by atoms with Gasteiger partial charge in [-0.15, -0.1) is 11.3 Å². The Morgan fingerprint density at radius 2 is 2.27 bits per heavy atom. The Morgan fingerprint density at radius 3 is 2.96 bits per heavy atom. The van der Waals surface area contributed by atoms with Crippen LogP contribution in [0.25, 0.3) is 0 Å². The number of nitrogens with one attached hydrogen (secondary N) is 2. The maximum Gasteiger partial charge on any atom is 0.224 e. The number of hydrogen-bond acceptors (Lipinski definition) is 4. The minimum atomic E-state index is 0.245. The second-order valence-corrected chi connectivity index (χ2v) is 8.05. The molecular formula is C19H33N5OS. The summed E-state index contributed by atoms with van der Waals surface area (Å²) in [5.74, 6) is 1.65. The average Bonchev–Trinajstić information content (AvgIpc) is 3.09. The topological polar surface area (TPSA) is 69.6 Å². The quantitative estimate of drug-likeness (QED) is 0.538. The van der Waals surface area contributed by atoms with Crippen molar-refractivity contribution in [3.05, 3.63) is 16.1 Å². The highest BCUT2D eigenvalue weighted by atomic mass is 32.1. The molecule has 6 nitrogen and oxygen atoms in total. The van der Waals surface area contributed by atoms with Gasteiger partial charge in [0.1, 0.15) is 0 Å². The summed E-state index contributed by atoms with van der Waals surface area (Å²) in [6.45, 7) is 10.3. The zero-order valence-electron chi connectivity index (χ0n) is 16.4. The van der Waals surface area contributed by atoms with Gasteiger partial charge in [0.2, 0.25) is 5.91 Å². The zero-order chi connectivity index (χ0) is 18.8. The molecule has 0 saturated carbocycles. The van der Waals surface area contributed by atoms with Crippen LogP contribution < -0.4 is 10.6 Å². The number of aromatic nitrogens is 1. The average molecular weight is 380 g/mol. The molecule has 2 N–H and O–H groups in total. The molecule has 0 spiro atoms. The van der Waals surface area contributed by atoms with Crippen molar-refractivity contribution in [2.75, 3.05) is 32.7 Å². The molecule has 0 bridgehead atoms. The number of likely N-dealkylation sites (tertiary alicyclic amines) is 1. The molecule has 7 heteroatoms. The Balaban J connectivity index is 1.73. The molecule has 1 aromatic heterocycles. The first-order valence-electron chi connectivity index (χ1n) is 9.85. The smallest absolute Gasteiger partial charge is 0.224 e. The monoisotopic (exact) mass is 379 g/mol. The fourth-order valence-corrected chi connectivity index (χ4v) is 3.95. The molecule has 0 aliphatic carbocycles. The highest BCUT2D eigenvalue weighted by Crippen LogP contribution is 2.16. The lowest BCUT2D eigenvalue weighted by atomic mass is 10.00. The molecule has 0 radical (unpaired) electrons. The number of rotatable bonds is 8. The van der Waals surface area contributed by atoms with E-state index < -0.39 is 0 Å². The third-order valence-electron chi connectivity index (χ3n) is 4.53. The van der Waals surface area contributed by atoms with E-state index in [2.05, 4.69) is 34.5 Å². The van der Waals surface area contributed by atoms with E-state index in [1.165, 1.54) is 11.3 Å². The third-order valence-corrected chi connectivity index (χ3v) is 5.73. The molecule has 1 aliphatic heterocycles. The van der Waals surface area contributed by atoms with Gasteiger partial charge in [0.15, 0.2) is 5.96 Å². The van der Waals surface area contributed by atoms with Crippen molar-refractivity contribution in [2.24, 2.45) is 10.9 Å². The lowest BCUT2D eigenvalue weighted by molar-refractivity contribution is -0.132. The van der Waals surface area contributed by atoms with E-state index in [1.54, 1.807) is 11.3 Å². The Bertz CT molecular complexity index is 586. The summed E-state index contributed by atoms with van der Waals surface area (Å²) in [7, 11) is 0. The van der Waals surface area contributed by atoms with Crippen LogP contribution in [0.3, 0.4) is 0 Å². The second-order valence-electron chi connectivity index (χ2n) is 6.85. The molecule has 1 aromatic rings. The molecule has 2 heterocycles. The Kier molecular flexibility index (Phi) is 8.88. The number of nitrogens with zero attached hydrogens (tertiary/aromatic N) is 3. The summed E-state index contributed by atoms with van der Waals surface area (Å²) in [6.07, 6.45) is 6.73. The van der Waals surface area contributed by atoms with E-state index in [0.29, 0.717) is 25.4 Å². The van der Waals surface area contributed by atoms with E-state index in [4.69, 9.17) is 0 Å². The van der Waals surface area contributed by atoms with Crippen molar-refractivity contribution < 1.29 is 4.79 Å². The van der Waals surface area contributed by atoms with Gasteiger partial charge in [-0.2, -0.15) is 0 Å². The summed E-state index contributed by atoms with van der Waals surface area (Å²) in [5, 5.41) is 7.66. The van der Waals surface area contributed by atoms with Gasteiger partial charge in [-0.1, -0.05) is 13.8 Å². The predicted molar refractivity (Wildman–Crippen MR) is 109 cm³/mol. The number of piperidine rings is 1. The van der Waals surface area contributed by atoms with E-state index in [9.17, 15) is 4.79 Å². The van der Waals surface area contributed by atoms with Crippen molar-refractivity contribution in [1.82, 2.24) is 20.5 Å². The van der Waals surface area contributed by atoms with Gasteiger partial charge in [0, 0.05) is 56.6 Å². The van der Waals surface area contributed by atoms with Crippen LogP contribution in [0.2, 0.25) is 0 Å². The molecular weight excluding hydrogens is 346 g/mol. The minimum absolute atomic E-state index is 0.245. The number of guanidine groups is 1. The van der Waals surface area contributed by atoms with E-state index in [-0.39, 0.29) is 5.91 Å². The summed E-state index contributed by atoms with van der Waals surface area (Å²) < 4.78 is 0. The van der Waals surface area contributed by atoms with Crippen molar-refractivity contribution >= 4 is 23.2 Å². The molecule has 146 valence electrons. The molecule has 1 aliphatic rings. The number of carbonyl (C=O) groups excluding carboxylic acids is 1. The standard InChI is InChI=1S/C19H33N5OS/c1-4-16-13-23-17(26-16)8-10-21-19(20-5-2)22-11-9-18(25)24-12-6-7-15(3)14-24/h13,15H,4-12,14H2,1-3H3,(H2,20,21,22). The maximum absolute atomic E-state index is 12.3. The van der Waals surface area contributed by atoms with Crippen LogP contribution in [-0.2, 0) is 17.6 Å². The van der Waals surface area contributed by atoms with E-state index in [1.807, 2.05) is 18.0 Å². The summed E-state index contributed by atoms with van der Waals surface area (Å²) >= 11 is 1.76. The Labute approximate surface area is 161 Å². The number of aliphatic imine (C=N–C) groups is 1. The van der Waals surface area contributed by atoms with Crippen LogP contribution in [0.15, 0.2) is 11.2 Å². The minimum Gasteiger partial charge on any atom is -0.357 e. The fraction of sp³-hybridized carbons (Fsp3) is 0.737. The van der Waals surface area contributed by atoms with Crippen LogP contribution >= 0.6 is 11.3 Å². The summed E-state index contributed by atoms with van der Waals surface area (Å²) in [5.41, 5.74) is 0. The molecule has 1 saturated heterocycles. The normalized spacial score (nSPS) is 18.0. The van der Waals surface area contributed by atoms with E-state index >= 15 is 0 Å². The molecule has 0 aromatic carbocycles. The lowest BCUT2D eigenvalue weighted by Crippen LogP contribution is -2.42. The van der Waals surface area contributed by atoms with Gasteiger partial charge < -0.3 is 15.5 Å². The first kappa shape index (κ1) is 20.7. The first-order chi connectivity index (χ1) is 12.6. The van der Waals surface area contributed by atoms with Gasteiger partial charge in [-0.25, -0.2) is 4.98 Å². The summed E-state index contributed by atoms with van der Waals surface area (Å²) in [6, 6.07) is 0. The van der Waals surface area contributed by atoms with Crippen molar-refractivity contribution in [3.8, 4) is 0 Å². The van der Waals surface area contributed by atoms with Gasteiger partial charge in [-0.05, 0) is 32.1 Å². The molecule has 1 fully saturated rings. The Morgan fingerprint density at radius 1 is 1.42 bits per heavy atom. The number of thiazole rings is 1. The van der Waals surface area contributed by atoms with E-state index in [0.717, 1.165) is 49.9 Å². The molecule has 1 amide bonds. The molecule has 26 heavy (non-hydrogen) atoms. The second kappa shape index (κ2) is 11.2. The van der Waals surface area contributed by atoms with Crippen molar-refractivity contribution in [3.63, 3.8) is 0 Å². The number of hydrogen-bond donors (Lipinski definition) is 2. The largest absolute Gasteiger partial charge is 0.357 e. The Hall–Kier alpha value is -1.63. The van der Waals surface area contributed by atoms with Gasteiger partial charge in [0.05, 0.1) is 5.01 Å². The van der Waals surface area contributed by atoms with Crippen LogP contribution in [0.5, 0.6) is 0 Å². The van der Waals surface area contributed by atoms with Crippen molar-refractivity contribution in [1.29, 1.82) is 0 Å². The SMILES string of the molecule is CCNC(=NCCc1ncc(CC)s1)NCCC(=O)N1CCCC(C)C1. The van der Waals surface area contributed by atoms with Gasteiger partial charge in [0.25, 0.3) is 0 Å². The predicted octanol–water partition coefficient (Wildman–Crippen LogP) is 2.45. The van der Waals surface area contributed by atoms with Gasteiger partial charge >= 0.3 is 0 Å². The first-order valence-corrected chi connectivity index (χ1v) is 10.7. The summed E-state index contributed by atoms with van der Waals surface area (Å²) in [4.78, 5) is 24.7. The fourth-order valence-electron chi connectivity index (χ4n) is 3.09. The van der Waals surface area contributed by atoms with Gasteiger partial charge in [-0.3, -0.25) is 9.79 Å². The van der Waals surface area contributed by atoms with Crippen molar-refractivity contribution in [2.45, 2.75) is 52.9 Å². The lowest BCUT2D eigenvalue weighted by Gasteiger charge is -2.31. The highest BCUT2D eigenvalue weighted by molar-refractivity contribution is 7.11. The number of amides is 1. The maximum atomic E-state index is 12.3. The highest BCUT2D eigenvalue weighted by Gasteiger charge is 2.20. The van der Waals surface area contributed by atoms with Crippen LogP contribution in [-0.4, -0.2) is 54.5 Å². The number of carbonyl (C=O) groups is 1. The molecule has 1 atom stereocenters. The van der Waals surface area contributed by atoms with Crippen LogP contribution in [0, 0.1) is 5.92 Å². The zero-order valence-corrected chi connectivity index (χ0v) is 17.2. The van der Waals surface area contributed by atoms with Crippen LogP contribution in [0.1, 0.15) is 49.9 Å². The van der Waals surface area contributed by atoms with Crippen LogP contribution in [0.4, 0.5) is 0 Å². The third kappa shape index (κ3) is 6.94. The molecule has 2 rings (SSSR count).